The minimum absolute atomic E-state index is 0.228. The molecular formula is C18H16O4. The van der Waals surface area contributed by atoms with Gasteiger partial charge in [-0.05, 0) is 47.9 Å². The quantitative estimate of drug-likeness (QED) is 0.817. The highest BCUT2D eigenvalue weighted by molar-refractivity contribution is 6.36. The number of carbonyl (C=O) groups is 3. The number of benzene rings is 2. The first-order valence-electron chi connectivity index (χ1n) is 7.09. The fourth-order valence-electron chi connectivity index (χ4n) is 3.04. The van der Waals surface area contributed by atoms with E-state index in [1.54, 1.807) is 12.1 Å². The average molecular weight is 296 g/mol. The van der Waals surface area contributed by atoms with Gasteiger partial charge in [-0.15, -0.1) is 0 Å². The Balaban J connectivity index is 2.21. The number of hydrogen-bond acceptors (Lipinski definition) is 4. The molecule has 4 nitrogen and oxygen atoms in total. The van der Waals surface area contributed by atoms with E-state index in [-0.39, 0.29) is 6.61 Å². The van der Waals surface area contributed by atoms with Crippen molar-refractivity contribution in [1.29, 1.82) is 0 Å². The van der Waals surface area contributed by atoms with Gasteiger partial charge in [0.15, 0.2) is 17.3 Å². The number of ether oxygens (including phenoxy) is 1. The molecule has 0 spiro atoms. The maximum Gasteiger partial charge on any atom is 0.182 e. The average Bonchev–Trinajstić information content (AvgIpc) is 2.73. The largest absolute Gasteiger partial charge is 0.377 e. The molecule has 0 saturated heterocycles. The molecule has 112 valence electrons. The predicted molar refractivity (Wildman–Crippen MR) is 82.5 cm³/mol. The number of Topliss-reactive ketones (excluding diaryl/α,β-unsaturated/α-hetero) is 3. The van der Waals surface area contributed by atoms with Crippen molar-refractivity contribution in [2.75, 3.05) is 13.7 Å². The summed E-state index contributed by atoms with van der Waals surface area (Å²) >= 11 is 0. The number of hydrogen-bond donors (Lipinski definition) is 0. The lowest BCUT2D eigenvalue weighted by Gasteiger charge is -2.07. The van der Waals surface area contributed by atoms with E-state index < -0.39 is 23.3 Å². The monoisotopic (exact) mass is 296 g/mol. The first-order chi connectivity index (χ1) is 10.5. The number of fused-ring (bicyclic) bond motifs is 2. The van der Waals surface area contributed by atoms with Crippen molar-refractivity contribution in [3.8, 4) is 0 Å². The number of ketones is 3. The number of rotatable bonds is 3. The third-order valence-electron chi connectivity index (χ3n) is 4.25. The molecular weight excluding hydrogens is 280 g/mol. The van der Waals surface area contributed by atoms with Gasteiger partial charge in [0, 0.05) is 18.2 Å². The van der Waals surface area contributed by atoms with Crippen molar-refractivity contribution < 1.29 is 19.1 Å². The lowest BCUT2D eigenvalue weighted by atomic mass is 9.96. The maximum absolute atomic E-state index is 12.5. The molecule has 0 radical (unpaired) electrons. The van der Waals surface area contributed by atoms with E-state index >= 15 is 0 Å². The van der Waals surface area contributed by atoms with Gasteiger partial charge in [-0.25, -0.2) is 0 Å². The van der Waals surface area contributed by atoms with Gasteiger partial charge >= 0.3 is 0 Å². The molecule has 0 atom stereocenters. The SMILES string of the molecule is COCC(=O)C1C(=O)c2cc3c(C)ccc(C)c3cc2C1=O. The number of methoxy groups -OCH3 is 1. The van der Waals surface area contributed by atoms with E-state index in [1.807, 2.05) is 26.0 Å². The molecule has 1 aliphatic carbocycles. The minimum atomic E-state index is -1.24. The highest BCUT2D eigenvalue weighted by atomic mass is 16.5. The molecule has 0 amide bonds. The van der Waals surface area contributed by atoms with Crippen LogP contribution in [-0.4, -0.2) is 31.1 Å². The molecule has 0 bridgehead atoms. The van der Waals surface area contributed by atoms with Crippen LogP contribution in [0.5, 0.6) is 0 Å². The van der Waals surface area contributed by atoms with E-state index in [9.17, 15) is 14.4 Å². The van der Waals surface area contributed by atoms with Crippen molar-refractivity contribution in [2.45, 2.75) is 13.8 Å². The van der Waals surface area contributed by atoms with Crippen molar-refractivity contribution in [2.24, 2.45) is 5.92 Å². The Labute approximate surface area is 128 Å². The van der Waals surface area contributed by atoms with Crippen molar-refractivity contribution >= 4 is 28.1 Å². The molecule has 2 aromatic carbocycles. The zero-order valence-corrected chi connectivity index (χ0v) is 12.7. The lowest BCUT2D eigenvalue weighted by molar-refractivity contribution is -0.123. The van der Waals surface area contributed by atoms with Gasteiger partial charge in [0.25, 0.3) is 0 Å². The fourth-order valence-corrected chi connectivity index (χ4v) is 3.04. The van der Waals surface area contributed by atoms with E-state index in [0.29, 0.717) is 11.1 Å². The van der Waals surface area contributed by atoms with E-state index in [4.69, 9.17) is 4.74 Å². The van der Waals surface area contributed by atoms with Gasteiger partial charge in [-0.2, -0.15) is 0 Å². The van der Waals surface area contributed by atoms with E-state index in [0.717, 1.165) is 21.9 Å². The van der Waals surface area contributed by atoms with Crippen molar-refractivity contribution in [3.05, 3.63) is 46.5 Å². The molecule has 4 heteroatoms. The molecule has 3 rings (SSSR count). The van der Waals surface area contributed by atoms with Crippen molar-refractivity contribution in [3.63, 3.8) is 0 Å². The van der Waals surface area contributed by atoms with Crippen LogP contribution in [-0.2, 0) is 9.53 Å². The zero-order chi connectivity index (χ0) is 16.0. The fraction of sp³-hybridized carbons (Fsp3) is 0.278. The van der Waals surface area contributed by atoms with Gasteiger partial charge in [0.05, 0.1) is 0 Å². The summed E-state index contributed by atoms with van der Waals surface area (Å²) in [6.45, 7) is 3.69. The maximum atomic E-state index is 12.5. The van der Waals surface area contributed by atoms with E-state index in [2.05, 4.69) is 0 Å². The Kier molecular flexibility index (Phi) is 3.41. The van der Waals surface area contributed by atoms with Gasteiger partial charge in [-0.3, -0.25) is 14.4 Å². The third kappa shape index (κ3) is 1.99. The molecule has 2 aromatic rings. The molecule has 0 heterocycles. The summed E-state index contributed by atoms with van der Waals surface area (Å²) in [4.78, 5) is 36.9. The third-order valence-corrected chi connectivity index (χ3v) is 4.25. The Hall–Kier alpha value is -2.33. The van der Waals surface area contributed by atoms with Gasteiger partial charge < -0.3 is 4.74 Å². The van der Waals surface area contributed by atoms with E-state index in [1.165, 1.54) is 7.11 Å². The summed E-state index contributed by atoms with van der Waals surface area (Å²) in [5, 5.41) is 1.89. The Morgan fingerprint density at radius 3 is 1.86 bits per heavy atom. The lowest BCUT2D eigenvalue weighted by Crippen LogP contribution is -2.28. The molecule has 0 aliphatic heterocycles. The van der Waals surface area contributed by atoms with Crippen molar-refractivity contribution in [1.82, 2.24) is 0 Å². The zero-order valence-electron chi connectivity index (χ0n) is 12.7. The van der Waals surface area contributed by atoms with Crippen LogP contribution in [0.1, 0.15) is 31.8 Å². The second-order valence-corrected chi connectivity index (χ2v) is 5.70. The summed E-state index contributed by atoms with van der Waals surface area (Å²) in [5.41, 5.74) is 2.77. The van der Waals surface area contributed by atoms with Crippen LogP contribution in [0, 0.1) is 19.8 Å². The van der Waals surface area contributed by atoms with Crippen LogP contribution < -0.4 is 0 Å². The first-order valence-corrected chi connectivity index (χ1v) is 7.09. The molecule has 0 N–H and O–H groups in total. The second kappa shape index (κ2) is 5.14. The Bertz CT molecular complexity index is 772. The molecule has 1 aliphatic rings. The number of aryl methyl sites for hydroxylation is 2. The predicted octanol–water partition coefficient (Wildman–Crippen LogP) is 2.67. The standard InChI is InChI=1S/C18H16O4/c1-9-4-5-10(2)12-7-14-13(6-11(9)12)17(20)16(18(14)21)15(19)8-22-3/h4-7,16H,8H2,1-3H3. The smallest absolute Gasteiger partial charge is 0.182 e. The van der Waals surface area contributed by atoms with Crippen LogP contribution in [0.4, 0.5) is 0 Å². The van der Waals surface area contributed by atoms with Crippen LogP contribution in [0.25, 0.3) is 10.8 Å². The summed E-state index contributed by atoms with van der Waals surface area (Å²) in [6.07, 6.45) is 0. The van der Waals surface area contributed by atoms with Gasteiger partial charge in [0.2, 0.25) is 0 Å². The summed E-state index contributed by atoms with van der Waals surface area (Å²) < 4.78 is 4.77. The molecule has 0 aromatic heterocycles. The highest BCUT2D eigenvalue weighted by Crippen LogP contribution is 2.33. The summed E-state index contributed by atoms with van der Waals surface area (Å²) in [7, 11) is 1.37. The summed E-state index contributed by atoms with van der Waals surface area (Å²) in [6, 6.07) is 7.46. The normalized spacial score (nSPS) is 14.7. The Morgan fingerprint density at radius 2 is 1.45 bits per heavy atom. The van der Waals surface area contributed by atoms with Crippen LogP contribution in [0.3, 0.4) is 0 Å². The first kappa shape index (κ1) is 14.6. The molecule has 22 heavy (non-hydrogen) atoms. The number of carbonyl (C=O) groups excluding carboxylic acids is 3. The minimum Gasteiger partial charge on any atom is -0.377 e. The van der Waals surface area contributed by atoms with Crippen LogP contribution in [0.15, 0.2) is 24.3 Å². The molecule has 0 saturated carbocycles. The second-order valence-electron chi connectivity index (χ2n) is 5.70. The molecule has 0 unspecified atom stereocenters. The Morgan fingerprint density at radius 1 is 1.00 bits per heavy atom. The van der Waals surface area contributed by atoms with Crippen LogP contribution >= 0.6 is 0 Å². The van der Waals surface area contributed by atoms with Gasteiger partial charge in [0.1, 0.15) is 12.5 Å². The highest BCUT2D eigenvalue weighted by Gasteiger charge is 2.43. The van der Waals surface area contributed by atoms with Gasteiger partial charge in [-0.1, -0.05) is 12.1 Å². The topological polar surface area (TPSA) is 60.4 Å². The van der Waals surface area contributed by atoms with Crippen LogP contribution in [0.2, 0.25) is 0 Å². The summed E-state index contributed by atoms with van der Waals surface area (Å²) in [5.74, 6) is -2.55. The molecule has 0 fully saturated rings.